The molecule has 2 aromatic rings. The Bertz CT molecular complexity index is 861. The minimum atomic E-state index is 0.0410. The number of amides is 1. The number of aryl methyl sites for hydroxylation is 1. The Balaban J connectivity index is 2.01. The van der Waals surface area contributed by atoms with E-state index in [4.69, 9.17) is 0 Å². The number of carbonyl (C=O) groups is 2. The van der Waals surface area contributed by atoms with Gasteiger partial charge in [-0.3, -0.25) is 9.78 Å². The van der Waals surface area contributed by atoms with E-state index in [1.807, 2.05) is 33.4 Å². The molecule has 0 fully saturated rings. The van der Waals surface area contributed by atoms with Gasteiger partial charge >= 0.3 is 0 Å². The lowest BCUT2D eigenvalue weighted by molar-refractivity contribution is -0.121. The Labute approximate surface area is 167 Å². The maximum absolute atomic E-state index is 11.9. The molecule has 3 rings (SSSR count). The summed E-state index contributed by atoms with van der Waals surface area (Å²) in [4.78, 5) is 29.4. The van der Waals surface area contributed by atoms with Crippen LogP contribution in [0, 0.1) is 0 Å². The van der Waals surface area contributed by atoms with Crippen LogP contribution in [0.25, 0.3) is 11.1 Å². The van der Waals surface area contributed by atoms with Gasteiger partial charge in [0.05, 0.1) is 6.04 Å². The topological polar surface area (TPSA) is 62.3 Å². The minimum Gasteiger partial charge on any atom is -0.377 e. The van der Waals surface area contributed by atoms with Crippen molar-refractivity contribution >= 4 is 17.9 Å². The molecule has 5 heteroatoms. The molecule has 0 aliphatic heterocycles. The van der Waals surface area contributed by atoms with Gasteiger partial charge in [-0.1, -0.05) is 13.0 Å². The van der Waals surface area contributed by atoms with Gasteiger partial charge in [0, 0.05) is 50.6 Å². The van der Waals surface area contributed by atoms with E-state index in [9.17, 15) is 9.59 Å². The molecule has 1 N–H and O–H groups in total. The molecular formula is C23H29N3O2. The number of carbonyl (C=O) groups excluding carboxylic acids is 2. The molecule has 0 saturated carbocycles. The lowest BCUT2D eigenvalue weighted by Crippen LogP contribution is -2.30. The molecule has 1 aromatic carbocycles. The molecule has 0 bridgehead atoms. The highest BCUT2D eigenvalue weighted by Gasteiger charge is 2.24. The van der Waals surface area contributed by atoms with E-state index in [1.54, 1.807) is 0 Å². The lowest BCUT2D eigenvalue weighted by Gasteiger charge is -2.28. The molecular weight excluding hydrogens is 350 g/mol. The van der Waals surface area contributed by atoms with Crippen molar-refractivity contribution in [3.05, 3.63) is 47.3 Å². The number of aromatic nitrogens is 1. The number of pyridine rings is 1. The lowest BCUT2D eigenvalue weighted by atomic mass is 9.84. The van der Waals surface area contributed by atoms with E-state index >= 15 is 0 Å². The van der Waals surface area contributed by atoms with Crippen molar-refractivity contribution in [1.82, 2.24) is 10.3 Å². The number of nitrogens with one attached hydrogen (secondary N) is 1. The van der Waals surface area contributed by atoms with E-state index in [-0.39, 0.29) is 11.9 Å². The summed E-state index contributed by atoms with van der Waals surface area (Å²) in [5.74, 6) is 0.0785. The summed E-state index contributed by atoms with van der Waals surface area (Å²) < 4.78 is 0. The molecule has 5 nitrogen and oxygen atoms in total. The Kier molecular flexibility index (Phi) is 6.45. The van der Waals surface area contributed by atoms with Crippen LogP contribution in [0.1, 0.15) is 55.3 Å². The number of hydrogen-bond acceptors (Lipinski definition) is 4. The van der Waals surface area contributed by atoms with Crippen LogP contribution in [0.4, 0.5) is 5.69 Å². The van der Waals surface area contributed by atoms with Crippen molar-refractivity contribution < 1.29 is 9.59 Å². The molecule has 1 atom stereocenters. The Morgan fingerprint density at radius 3 is 2.86 bits per heavy atom. The maximum atomic E-state index is 11.9. The number of aldehydes is 1. The first-order valence-corrected chi connectivity index (χ1v) is 10.1. The summed E-state index contributed by atoms with van der Waals surface area (Å²) in [6, 6.07) is 6.48. The van der Waals surface area contributed by atoms with E-state index in [0.29, 0.717) is 12.8 Å². The number of hydrogen-bond donors (Lipinski definition) is 1. The average Bonchev–Trinajstić information content (AvgIpc) is 2.71. The predicted octanol–water partition coefficient (Wildman–Crippen LogP) is 3.85. The summed E-state index contributed by atoms with van der Waals surface area (Å²) >= 11 is 0. The number of benzene rings is 1. The number of nitrogens with zero attached hydrogens (tertiary/aromatic N) is 2. The Hall–Kier alpha value is -2.69. The second-order valence-corrected chi connectivity index (χ2v) is 7.56. The van der Waals surface area contributed by atoms with Crippen LogP contribution in [0.2, 0.25) is 0 Å². The summed E-state index contributed by atoms with van der Waals surface area (Å²) in [7, 11) is 4.04. The van der Waals surface area contributed by atoms with Gasteiger partial charge in [-0.25, -0.2) is 0 Å². The first-order valence-electron chi connectivity index (χ1n) is 10.1. The molecule has 1 aromatic heterocycles. The molecule has 1 heterocycles. The molecule has 0 radical (unpaired) electrons. The molecule has 0 spiro atoms. The van der Waals surface area contributed by atoms with Crippen LogP contribution in [-0.4, -0.2) is 31.3 Å². The van der Waals surface area contributed by atoms with Gasteiger partial charge < -0.3 is 15.0 Å². The molecule has 1 aliphatic rings. The highest BCUT2D eigenvalue weighted by atomic mass is 16.1. The van der Waals surface area contributed by atoms with Gasteiger partial charge in [-0.15, -0.1) is 0 Å². The van der Waals surface area contributed by atoms with Crippen LogP contribution < -0.4 is 10.2 Å². The molecule has 1 unspecified atom stereocenters. The fourth-order valence-electron chi connectivity index (χ4n) is 4.02. The molecule has 1 aliphatic carbocycles. The zero-order valence-electron chi connectivity index (χ0n) is 17.0. The van der Waals surface area contributed by atoms with Gasteiger partial charge in [0.15, 0.2) is 0 Å². The van der Waals surface area contributed by atoms with Gasteiger partial charge in [-0.05, 0) is 60.1 Å². The Morgan fingerprint density at radius 1 is 1.32 bits per heavy atom. The summed E-state index contributed by atoms with van der Waals surface area (Å²) in [5.41, 5.74) is 6.97. The van der Waals surface area contributed by atoms with Crippen molar-refractivity contribution in [3.63, 3.8) is 0 Å². The minimum absolute atomic E-state index is 0.0410. The standard InChI is InChI=1S/C23H29N3O2/c1-4-23(28)25-21-9-5-8-18-19(14-24-15-20(18)21)16-10-11-22(26(2)3)17(13-16)7-6-12-27/h10-15,21H,4-9H2,1-3H3,(H,25,28). The average molecular weight is 380 g/mol. The van der Waals surface area contributed by atoms with Crippen molar-refractivity contribution in [2.75, 3.05) is 19.0 Å². The van der Waals surface area contributed by atoms with E-state index in [1.165, 1.54) is 11.1 Å². The highest BCUT2D eigenvalue weighted by Crippen LogP contribution is 2.37. The molecule has 28 heavy (non-hydrogen) atoms. The molecule has 1 amide bonds. The highest BCUT2D eigenvalue weighted by molar-refractivity contribution is 5.77. The van der Waals surface area contributed by atoms with Crippen LogP contribution in [0.15, 0.2) is 30.6 Å². The quantitative estimate of drug-likeness (QED) is 0.742. The number of fused-ring (bicyclic) bond motifs is 1. The summed E-state index contributed by atoms with van der Waals surface area (Å²) in [5, 5.41) is 3.14. The first kappa shape index (κ1) is 20.1. The van der Waals surface area contributed by atoms with Gasteiger partial charge in [0.25, 0.3) is 0 Å². The molecule has 148 valence electrons. The van der Waals surface area contributed by atoms with Crippen LogP contribution >= 0.6 is 0 Å². The Morgan fingerprint density at radius 2 is 2.14 bits per heavy atom. The van der Waals surface area contributed by atoms with Crippen LogP contribution in [-0.2, 0) is 22.4 Å². The molecule has 0 saturated heterocycles. The normalized spacial score (nSPS) is 15.6. The third kappa shape index (κ3) is 4.24. The van der Waals surface area contributed by atoms with Crippen molar-refractivity contribution in [3.8, 4) is 11.1 Å². The second kappa shape index (κ2) is 9.00. The SMILES string of the molecule is CCC(=O)NC1CCCc2c(-c3ccc(N(C)C)c(CCC=O)c3)cncc21. The zero-order valence-corrected chi connectivity index (χ0v) is 17.0. The third-order valence-corrected chi connectivity index (χ3v) is 5.45. The van der Waals surface area contributed by atoms with Gasteiger partial charge in [-0.2, -0.15) is 0 Å². The van der Waals surface area contributed by atoms with Crippen molar-refractivity contribution in [1.29, 1.82) is 0 Å². The fraction of sp³-hybridized carbons (Fsp3) is 0.435. The van der Waals surface area contributed by atoms with Crippen LogP contribution in [0.5, 0.6) is 0 Å². The van der Waals surface area contributed by atoms with Crippen LogP contribution in [0.3, 0.4) is 0 Å². The zero-order chi connectivity index (χ0) is 20.1. The smallest absolute Gasteiger partial charge is 0.220 e. The van der Waals surface area contributed by atoms with Gasteiger partial charge in [0.1, 0.15) is 6.29 Å². The summed E-state index contributed by atoms with van der Waals surface area (Å²) in [6.07, 6.45) is 9.52. The van der Waals surface area contributed by atoms with E-state index < -0.39 is 0 Å². The van der Waals surface area contributed by atoms with Gasteiger partial charge in [0.2, 0.25) is 5.91 Å². The van der Waals surface area contributed by atoms with E-state index in [2.05, 4.69) is 33.4 Å². The number of rotatable bonds is 7. The monoisotopic (exact) mass is 379 g/mol. The first-order chi connectivity index (χ1) is 13.5. The number of anilines is 1. The maximum Gasteiger partial charge on any atom is 0.220 e. The predicted molar refractivity (Wildman–Crippen MR) is 112 cm³/mol. The second-order valence-electron chi connectivity index (χ2n) is 7.56. The fourth-order valence-corrected chi connectivity index (χ4v) is 4.02. The van der Waals surface area contributed by atoms with E-state index in [0.717, 1.165) is 54.3 Å². The largest absolute Gasteiger partial charge is 0.377 e. The summed E-state index contributed by atoms with van der Waals surface area (Å²) in [6.45, 7) is 1.88. The van der Waals surface area contributed by atoms with Crippen molar-refractivity contribution in [2.45, 2.75) is 51.5 Å². The van der Waals surface area contributed by atoms with Crippen molar-refractivity contribution in [2.24, 2.45) is 0 Å². The third-order valence-electron chi connectivity index (χ3n) is 5.45.